The van der Waals surface area contributed by atoms with Crippen molar-refractivity contribution in [2.75, 3.05) is 5.32 Å². The Hall–Kier alpha value is -2.39. The molecule has 2 aromatic carbocycles. The number of nitrogens with zero attached hydrogens (tertiary/aromatic N) is 2. The molecular weight excluding hydrogens is 282 g/mol. The van der Waals surface area contributed by atoms with E-state index in [1.165, 1.54) is 0 Å². The molecule has 0 aliphatic heterocycles. The van der Waals surface area contributed by atoms with Crippen molar-refractivity contribution in [2.24, 2.45) is 0 Å². The molecule has 0 aliphatic rings. The summed E-state index contributed by atoms with van der Waals surface area (Å²) in [4.78, 5) is 8.56. The molecule has 4 heteroatoms. The number of anilines is 1. The zero-order valence-corrected chi connectivity index (χ0v) is 12.1. The summed E-state index contributed by atoms with van der Waals surface area (Å²) in [7, 11) is 0. The summed E-state index contributed by atoms with van der Waals surface area (Å²) in [6, 6.07) is 19.8. The maximum Gasteiger partial charge on any atom is 0.130 e. The monoisotopic (exact) mass is 295 g/mol. The highest BCUT2D eigenvalue weighted by Crippen LogP contribution is 2.18. The van der Waals surface area contributed by atoms with Crippen LogP contribution in [0.5, 0.6) is 0 Å². The third-order valence-electron chi connectivity index (χ3n) is 3.12. The zero-order chi connectivity index (χ0) is 14.5. The van der Waals surface area contributed by atoms with Crippen LogP contribution in [0.15, 0.2) is 67.0 Å². The van der Waals surface area contributed by atoms with Crippen LogP contribution in [0, 0.1) is 0 Å². The number of hydrogen-bond donors (Lipinski definition) is 1. The molecule has 0 aliphatic carbocycles. The fourth-order valence-corrected chi connectivity index (χ4v) is 2.14. The van der Waals surface area contributed by atoms with E-state index >= 15 is 0 Å². The van der Waals surface area contributed by atoms with E-state index in [4.69, 9.17) is 11.6 Å². The minimum Gasteiger partial charge on any atom is -0.366 e. The topological polar surface area (TPSA) is 37.8 Å². The Morgan fingerprint density at radius 2 is 1.67 bits per heavy atom. The molecule has 3 nitrogen and oxygen atoms in total. The Balaban J connectivity index is 1.73. The van der Waals surface area contributed by atoms with Crippen LogP contribution < -0.4 is 5.32 Å². The molecule has 1 aromatic heterocycles. The summed E-state index contributed by atoms with van der Waals surface area (Å²) >= 11 is 5.88. The molecule has 21 heavy (non-hydrogen) atoms. The smallest absolute Gasteiger partial charge is 0.130 e. The van der Waals surface area contributed by atoms with Gasteiger partial charge in [0.05, 0.1) is 5.69 Å². The molecule has 0 spiro atoms. The minimum absolute atomic E-state index is 0.697. The van der Waals surface area contributed by atoms with Crippen LogP contribution in [0.4, 0.5) is 5.82 Å². The first-order chi connectivity index (χ1) is 10.3. The highest BCUT2D eigenvalue weighted by molar-refractivity contribution is 6.30. The first-order valence-corrected chi connectivity index (χ1v) is 7.05. The van der Waals surface area contributed by atoms with Crippen molar-refractivity contribution in [1.29, 1.82) is 0 Å². The van der Waals surface area contributed by atoms with Gasteiger partial charge in [0.2, 0.25) is 0 Å². The van der Waals surface area contributed by atoms with Crippen molar-refractivity contribution in [3.05, 3.63) is 77.6 Å². The minimum atomic E-state index is 0.697. The fraction of sp³-hybridized carbons (Fsp3) is 0.0588. The van der Waals surface area contributed by atoms with Crippen molar-refractivity contribution < 1.29 is 0 Å². The summed E-state index contributed by atoms with van der Waals surface area (Å²) in [6.07, 6.45) is 1.58. The van der Waals surface area contributed by atoms with Crippen molar-refractivity contribution in [1.82, 2.24) is 9.97 Å². The number of rotatable bonds is 4. The van der Waals surface area contributed by atoms with Crippen LogP contribution in [-0.2, 0) is 6.54 Å². The van der Waals surface area contributed by atoms with Crippen LogP contribution in [0.2, 0.25) is 5.02 Å². The highest BCUT2D eigenvalue weighted by atomic mass is 35.5. The van der Waals surface area contributed by atoms with Gasteiger partial charge < -0.3 is 5.32 Å². The summed E-state index contributed by atoms with van der Waals surface area (Å²) in [6.45, 7) is 0.697. The average molecular weight is 296 g/mol. The van der Waals surface area contributed by atoms with E-state index in [0.29, 0.717) is 6.54 Å². The average Bonchev–Trinajstić information content (AvgIpc) is 2.55. The number of benzene rings is 2. The molecule has 0 radical (unpaired) electrons. The van der Waals surface area contributed by atoms with Crippen molar-refractivity contribution in [2.45, 2.75) is 6.54 Å². The number of aromatic nitrogens is 2. The molecule has 3 rings (SSSR count). The fourth-order valence-electron chi connectivity index (χ4n) is 2.02. The van der Waals surface area contributed by atoms with E-state index in [-0.39, 0.29) is 0 Å². The second kappa shape index (κ2) is 6.37. The largest absolute Gasteiger partial charge is 0.366 e. The second-order valence-corrected chi connectivity index (χ2v) is 5.07. The van der Waals surface area contributed by atoms with Gasteiger partial charge in [-0.05, 0) is 17.7 Å². The van der Waals surface area contributed by atoms with E-state index < -0.39 is 0 Å². The maximum atomic E-state index is 5.88. The maximum absolute atomic E-state index is 5.88. The van der Waals surface area contributed by atoms with Crippen molar-refractivity contribution in [3.8, 4) is 11.3 Å². The van der Waals surface area contributed by atoms with Gasteiger partial charge >= 0.3 is 0 Å². The van der Waals surface area contributed by atoms with Gasteiger partial charge in [-0.3, -0.25) is 0 Å². The lowest BCUT2D eigenvalue weighted by molar-refractivity contribution is 1.08. The standard InChI is InChI=1S/C17H14ClN3/c18-15-8-6-13(7-9-15)11-19-17-10-16(20-12-21-17)14-4-2-1-3-5-14/h1-10,12H,11H2,(H,19,20,21). The van der Waals surface area contributed by atoms with E-state index in [1.54, 1.807) is 6.33 Å². The third kappa shape index (κ3) is 3.58. The Bertz CT molecular complexity index is 712. The Kier molecular flexibility index (Phi) is 4.12. The summed E-state index contributed by atoms with van der Waals surface area (Å²) in [5.74, 6) is 0.804. The molecule has 0 amide bonds. The molecule has 0 atom stereocenters. The molecule has 0 unspecified atom stereocenters. The zero-order valence-electron chi connectivity index (χ0n) is 11.3. The number of halogens is 1. The van der Waals surface area contributed by atoms with Crippen LogP contribution in [0.25, 0.3) is 11.3 Å². The molecule has 104 valence electrons. The lowest BCUT2D eigenvalue weighted by atomic mass is 10.1. The van der Waals surface area contributed by atoms with Gasteiger partial charge in [0, 0.05) is 23.2 Å². The summed E-state index contributed by atoms with van der Waals surface area (Å²) in [5.41, 5.74) is 3.14. The van der Waals surface area contributed by atoms with Gasteiger partial charge in [-0.2, -0.15) is 0 Å². The number of hydrogen-bond acceptors (Lipinski definition) is 3. The molecule has 0 saturated carbocycles. The van der Waals surface area contributed by atoms with Crippen LogP contribution >= 0.6 is 11.6 Å². The molecule has 0 saturated heterocycles. The number of nitrogens with one attached hydrogen (secondary N) is 1. The summed E-state index contributed by atoms with van der Waals surface area (Å²) in [5, 5.41) is 4.04. The lowest BCUT2D eigenvalue weighted by Crippen LogP contribution is -2.01. The lowest BCUT2D eigenvalue weighted by Gasteiger charge is -2.07. The highest BCUT2D eigenvalue weighted by Gasteiger charge is 2.01. The van der Waals surface area contributed by atoms with Crippen LogP contribution in [0.1, 0.15) is 5.56 Å². The molecule has 1 N–H and O–H groups in total. The Morgan fingerprint density at radius 3 is 2.43 bits per heavy atom. The van der Waals surface area contributed by atoms with Crippen LogP contribution in [-0.4, -0.2) is 9.97 Å². The predicted molar refractivity (Wildman–Crippen MR) is 86.2 cm³/mol. The Morgan fingerprint density at radius 1 is 0.905 bits per heavy atom. The third-order valence-corrected chi connectivity index (χ3v) is 3.38. The molecular formula is C17H14ClN3. The first-order valence-electron chi connectivity index (χ1n) is 6.67. The quantitative estimate of drug-likeness (QED) is 0.775. The molecule has 0 bridgehead atoms. The SMILES string of the molecule is Clc1ccc(CNc2cc(-c3ccccc3)ncn2)cc1. The molecule has 1 heterocycles. The molecule has 0 fully saturated rings. The van der Waals surface area contributed by atoms with Gasteiger partial charge in [-0.1, -0.05) is 54.1 Å². The van der Waals surface area contributed by atoms with E-state index in [9.17, 15) is 0 Å². The van der Waals surface area contributed by atoms with Gasteiger partial charge in [0.25, 0.3) is 0 Å². The van der Waals surface area contributed by atoms with Gasteiger partial charge in [-0.25, -0.2) is 9.97 Å². The van der Waals surface area contributed by atoms with Gasteiger partial charge in [0.1, 0.15) is 12.1 Å². The van der Waals surface area contributed by atoms with Crippen molar-refractivity contribution in [3.63, 3.8) is 0 Å². The Labute approximate surface area is 128 Å². The second-order valence-electron chi connectivity index (χ2n) is 4.63. The van der Waals surface area contributed by atoms with Gasteiger partial charge in [-0.15, -0.1) is 0 Å². The summed E-state index contributed by atoms with van der Waals surface area (Å²) < 4.78 is 0. The van der Waals surface area contributed by atoms with Gasteiger partial charge in [0.15, 0.2) is 0 Å². The van der Waals surface area contributed by atoms with Crippen molar-refractivity contribution >= 4 is 17.4 Å². The predicted octanol–water partition coefficient (Wildman–Crippen LogP) is 4.41. The van der Waals surface area contributed by atoms with E-state index in [2.05, 4.69) is 15.3 Å². The van der Waals surface area contributed by atoms with E-state index in [0.717, 1.165) is 27.7 Å². The normalized spacial score (nSPS) is 10.3. The van der Waals surface area contributed by atoms with Crippen LogP contribution in [0.3, 0.4) is 0 Å². The van der Waals surface area contributed by atoms with E-state index in [1.807, 2.05) is 60.7 Å². The first kappa shape index (κ1) is 13.6. The molecule has 3 aromatic rings.